The van der Waals surface area contributed by atoms with Crippen LogP contribution >= 0.6 is 0 Å². The number of nitrogens with zero attached hydrogens (tertiary/aromatic N) is 3. The van der Waals surface area contributed by atoms with Crippen molar-refractivity contribution in [1.82, 2.24) is 15.3 Å². The maximum Gasteiger partial charge on any atom is 0.434 e. The largest absolute Gasteiger partial charge is 0.491 e. The Morgan fingerprint density at radius 2 is 1.78 bits per heavy atom. The zero-order valence-electron chi connectivity index (χ0n) is 25.1. The van der Waals surface area contributed by atoms with Crippen molar-refractivity contribution < 1.29 is 47.6 Å². The highest BCUT2D eigenvalue weighted by atomic mass is 19.4. The molecule has 11 nitrogen and oxygen atoms in total. The number of aliphatic hydroxyl groups is 2. The number of carboxylic acids is 1. The summed E-state index contributed by atoms with van der Waals surface area (Å²) in [6.07, 6.45) is -0.466. The molecule has 1 aromatic carbocycles. The minimum Gasteiger partial charge on any atom is -0.491 e. The number of hydrogen-bond acceptors (Lipinski definition) is 9. The lowest BCUT2D eigenvalue weighted by Gasteiger charge is -2.59. The van der Waals surface area contributed by atoms with Gasteiger partial charge in [0.25, 0.3) is 5.91 Å². The minimum absolute atomic E-state index is 0.136. The van der Waals surface area contributed by atoms with Crippen LogP contribution in [0.1, 0.15) is 66.6 Å². The number of anilines is 2. The molecule has 3 heterocycles. The lowest BCUT2D eigenvalue weighted by molar-refractivity contribution is -0.163. The SMILES string of the molecule is O=C(NC1(C(=O)O)C2CC3CC(C2)CC1C3)c1cnc(N2CC3(CCOCC3)c3cc(OC[C@H](O)CO)ccc32)nc1C(F)(F)F. The van der Waals surface area contributed by atoms with Crippen LogP contribution in [0.5, 0.6) is 5.75 Å². The van der Waals surface area contributed by atoms with E-state index in [1.54, 1.807) is 23.1 Å². The molecule has 4 N–H and O–H groups in total. The van der Waals surface area contributed by atoms with Gasteiger partial charge in [-0.25, -0.2) is 14.8 Å². The average Bonchev–Trinajstić information content (AvgIpc) is 3.33. The fourth-order valence-corrected chi connectivity index (χ4v) is 9.03. The number of aliphatic carboxylic acids is 1. The minimum atomic E-state index is -5.02. The van der Waals surface area contributed by atoms with Gasteiger partial charge < -0.3 is 35.0 Å². The highest BCUT2D eigenvalue weighted by Crippen LogP contribution is 2.58. The van der Waals surface area contributed by atoms with Crippen LogP contribution in [0.4, 0.5) is 24.8 Å². The van der Waals surface area contributed by atoms with E-state index in [0.29, 0.717) is 75.0 Å². The van der Waals surface area contributed by atoms with E-state index < -0.39 is 53.0 Å². The van der Waals surface area contributed by atoms with Crippen molar-refractivity contribution in [3.8, 4) is 5.75 Å². The standard InChI is InChI=1S/C32H37F3N4O7/c33-32(34,35)26-23(27(42)38-31(28(43)44)19-8-17-7-18(10-19)11-20(31)9-17)13-36-29(37-26)39-16-30(3-5-45-6-4-30)24-12-22(1-2-25(24)39)46-15-21(41)14-40/h1-2,12-13,17-21,40-41H,3-11,14-16H2,(H,38,42)(H,43,44)/t17?,18?,19?,20?,21-,31?/m1/s1. The van der Waals surface area contributed by atoms with Crippen LogP contribution < -0.4 is 15.0 Å². The van der Waals surface area contributed by atoms with Crippen molar-refractivity contribution in [2.45, 2.75) is 68.2 Å². The number of aromatic nitrogens is 2. The molecule has 1 atom stereocenters. The van der Waals surface area contributed by atoms with E-state index in [2.05, 4.69) is 15.3 Å². The Hall–Kier alpha value is -3.49. The van der Waals surface area contributed by atoms with Crippen LogP contribution in [0.15, 0.2) is 24.4 Å². The third-order valence-electron chi connectivity index (χ3n) is 11.0. The third kappa shape index (κ3) is 5.09. The normalized spacial score (nSPS) is 29.9. The van der Waals surface area contributed by atoms with Gasteiger partial charge in [0.2, 0.25) is 5.95 Å². The number of fused-ring (bicyclic) bond motifs is 2. The van der Waals surface area contributed by atoms with E-state index >= 15 is 0 Å². The first-order chi connectivity index (χ1) is 21.9. The Morgan fingerprint density at radius 1 is 1.11 bits per heavy atom. The zero-order chi connectivity index (χ0) is 32.4. The molecule has 1 spiro atoms. The first kappa shape index (κ1) is 31.1. The summed E-state index contributed by atoms with van der Waals surface area (Å²) in [5.41, 5.74) is -2.95. The quantitative estimate of drug-likeness (QED) is 0.336. The number of carboxylic acid groups (broad SMARTS) is 1. The van der Waals surface area contributed by atoms with E-state index in [1.165, 1.54) is 0 Å². The van der Waals surface area contributed by atoms with Crippen LogP contribution in [-0.4, -0.2) is 81.8 Å². The maximum absolute atomic E-state index is 14.6. The number of carbonyl (C=O) groups excluding carboxylic acids is 1. The Kier molecular flexibility index (Phi) is 7.67. The number of benzene rings is 1. The second-order valence-corrected chi connectivity index (χ2v) is 13.7. The van der Waals surface area contributed by atoms with Crippen LogP contribution in [0.2, 0.25) is 0 Å². The fourth-order valence-electron chi connectivity index (χ4n) is 9.03. The lowest BCUT2D eigenvalue weighted by atomic mass is 9.48. The van der Waals surface area contributed by atoms with Gasteiger partial charge >= 0.3 is 12.1 Å². The second kappa shape index (κ2) is 11.3. The average molecular weight is 647 g/mol. The molecule has 0 unspecified atom stereocenters. The summed E-state index contributed by atoms with van der Waals surface area (Å²) in [7, 11) is 0. The van der Waals surface area contributed by atoms with E-state index in [1.807, 2.05) is 0 Å². The number of alkyl halides is 3. The van der Waals surface area contributed by atoms with E-state index in [4.69, 9.17) is 14.6 Å². The summed E-state index contributed by atoms with van der Waals surface area (Å²) in [6, 6.07) is 5.10. The Balaban J connectivity index is 1.22. The van der Waals surface area contributed by atoms with Gasteiger partial charge in [-0.15, -0.1) is 0 Å². The van der Waals surface area contributed by atoms with Crippen LogP contribution in [0.3, 0.4) is 0 Å². The molecule has 0 radical (unpaired) electrons. The maximum atomic E-state index is 14.6. The van der Waals surface area contributed by atoms with Crippen molar-refractivity contribution in [2.75, 3.05) is 37.9 Å². The number of hydrogen-bond donors (Lipinski definition) is 4. The molecule has 2 aliphatic heterocycles. The molecule has 1 saturated heterocycles. The summed E-state index contributed by atoms with van der Waals surface area (Å²) >= 11 is 0. The van der Waals surface area contributed by atoms with Gasteiger partial charge in [0.1, 0.15) is 24.0 Å². The molecule has 46 heavy (non-hydrogen) atoms. The van der Waals surface area contributed by atoms with Gasteiger partial charge in [-0.1, -0.05) is 0 Å². The van der Waals surface area contributed by atoms with Gasteiger partial charge in [-0.2, -0.15) is 13.2 Å². The second-order valence-electron chi connectivity index (χ2n) is 13.7. The number of aliphatic hydroxyl groups excluding tert-OH is 2. The lowest BCUT2D eigenvalue weighted by Crippen LogP contribution is -2.70. The van der Waals surface area contributed by atoms with Crippen LogP contribution in [-0.2, 0) is 21.1 Å². The molecule has 4 saturated carbocycles. The van der Waals surface area contributed by atoms with Gasteiger partial charge in [0.05, 0.1) is 12.2 Å². The number of amides is 1. The fraction of sp³-hybridized carbons (Fsp3) is 0.625. The molecule has 4 aliphatic carbocycles. The molecule has 6 aliphatic rings. The molecule has 2 aromatic rings. The van der Waals surface area contributed by atoms with E-state index in [9.17, 15) is 33.0 Å². The predicted molar refractivity (Wildman–Crippen MR) is 156 cm³/mol. The number of halogens is 3. The zero-order valence-corrected chi connectivity index (χ0v) is 25.1. The van der Waals surface area contributed by atoms with Crippen molar-refractivity contribution in [2.24, 2.45) is 23.7 Å². The first-order valence-electron chi connectivity index (χ1n) is 15.8. The van der Waals surface area contributed by atoms with Gasteiger partial charge in [0, 0.05) is 37.1 Å². The predicted octanol–water partition coefficient (Wildman–Crippen LogP) is 3.44. The van der Waals surface area contributed by atoms with Crippen molar-refractivity contribution in [3.05, 3.63) is 41.2 Å². The summed E-state index contributed by atoms with van der Waals surface area (Å²) in [6.45, 7) is 0.564. The highest BCUT2D eigenvalue weighted by Gasteiger charge is 2.62. The van der Waals surface area contributed by atoms with Gasteiger partial charge in [0.15, 0.2) is 5.69 Å². The highest BCUT2D eigenvalue weighted by molar-refractivity contribution is 5.99. The summed E-state index contributed by atoms with van der Waals surface area (Å²) in [5, 5.41) is 31.8. The first-order valence-corrected chi connectivity index (χ1v) is 15.8. The Morgan fingerprint density at radius 3 is 2.39 bits per heavy atom. The molecule has 5 fully saturated rings. The molecular formula is C32H37F3N4O7. The van der Waals surface area contributed by atoms with Crippen molar-refractivity contribution in [1.29, 1.82) is 0 Å². The number of ether oxygens (including phenoxy) is 2. The van der Waals surface area contributed by atoms with Crippen molar-refractivity contribution in [3.63, 3.8) is 0 Å². The molecule has 14 heteroatoms. The van der Waals surface area contributed by atoms with E-state index in [-0.39, 0.29) is 30.9 Å². The summed E-state index contributed by atoms with van der Waals surface area (Å²) in [5.74, 6) is -2.04. The molecule has 248 valence electrons. The molecule has 4 bridgehead atoms. The van der Waals surface area contributed by atoms with Gasteiger partial charge in [-0.05, 0) is 92.4 Å². The Labute approximate surface area is 263 Å². The van der Waals surface area contributed by atoms with Crippen LogP contribution in [0, 0.1) is 23.7 Å². The van der Waals surface area contributed by atoms with Crippen molar-refractivity contribution >= 4 is 23.5 Å². The summed E-state index contributed by atoms with van der Waals surface area (Å²) in [4.78, 5) is 36.2. The van der Waals surface area contributed by atoms with E-state index in [0.717, 1.165) is 18.2 Å². The summed E-state index contributed by atoms with van der Waals surface area (Å²) < 4.78 is 55.0. The molecule has 1 aromatic heterocycles. The Bertz CT molecular complexity index is 1500. The number of rotatable bonds is 8. The third-order valence-corrected chi connectivity index (χ3v) is 11.0. The number of nitrogens with one attached hydrogen (secondary N) is 1. The van der Waals surface area contributed by atoms with Gasteiger partial charge in [-0.3, -0.25) is 4.79 Å². The number of carbonyl (C=O) groups is 2. The topological polar surface area (TPSA) is 154 Å². The monoisotopic (exact) mass is 646 g/mol. The molecule has 1 amide bonds. The smallest absolute Gasteiger partial charge is 0.434 e. The molecular weight excluding hydrogens is 609 g/mol. The van der Waals surface area contributed by atoms with Crippen LogP contribution in [0.25, 0.3) is 0 Å². The molecule has 8 rings (SSSR count).